The molecule has 5 nitrogen and oxygen atoms in total. The van der Waals surface area contributed by atoms with E-state index in [1.807, 2.05) is 30.3 Å². The van der Waals surface area contributed by atoms with Gasteiger partial charge in [-0.25, -0.2) is 4.79 Å². The second kappa shape index (κ2) is 9.37. The number of amides is 1. The molecule has 1 N–H and O–H groups in total. The summed E-state index contributed by atoms with van der Waals surface area (Å²) in [5.74, 6) is 1.13. The third kappa shape index (κ3) is 5.81. The molecule has 3 rings (SSSR count). The molecule has 0 aromatic heterocycles. The van der Waals surface area contributed by atoms with Crippen molar-refractivity contribution in [1.29, 1.82) is 0 Å². The predicted octanol–water partition coefficient (Wildman–Crippen LogP) is 4.89. The third-order valence-corrected chi connectivity index (χ3v) is 4.04. The summed E-state index contributed by atoms with van der Waals surface area (Å²) >= 11 is 0. The van der Waals surface area contributed by atoms with Crippen LogP contribution in [0.1, 0.15) is 22.8 Å². The van der Waals surface area contributed by atoms with Crippen LogP contribution < -0.4 is 14.8 Å². The van der Waals surface area contributed by atoms with Crippen LogP contribution in [0.2, 0.25) is 0 Å². The van der Waals surface area contributed by atoms with Gasteiger partial charge in [0.05, 0.1) is 5.56 Å². The molecule has 146 valence electrons. The van der Waals surface area contributed by atoms with E-state index in [4.69, 9.17) is 9.47 Å². The maximum absolute atomic E-state index is 12.3. The van der Waals surface area contributed by atoms with Gasteiger partial charge in [-0.05, 0) is 61.0 Å². The van der Waals surface area contributed by atoms with Crippen LogP contribution in [0.25, 0.3) is 0 Å². The molecule has 3 aromatic rings. The van der Waals surface area contributed by atoms with Crippen molar-refractivity contribution in [3.8, 4) is 17.2 Å². The van der Waals surface area contributed by atoms with E-state index in [2.05, 4.69) is 11.9 Å². The number of carbonyl (C=O) groups excluding carboxylic acids is 2. The summed E-state index contributed by atoms with van der Waals surface area (Å²) in [6.45, 7) is 5.62. The molecular formula is C24H21NO4. The maximum Gasteiger partial charge on any atom is 0.343 e. The number of benzene rings is 3. The number of hydrogen-bond acceptors (Lipinski definition) is 4. The van der Waals surface area contributed by atoms with Gasteiger partial charge in [-0.3, -0.25) is 4.79 Å². The van der Waals surface area contributed by atoms with E-state index in [9.17, 15) is 9.59 Å². The minimum absolute atomic E-state index is 0.194. The summed E-state index contributed by atoms with van der Waals surface area (Å²) in [6, 6.07) is 23.1. The van der Waals surface area contributed by atoms with Gasteiger partial charge in [-0.2, -0.15) is 0 Å². The molecule has 0 aliphatic carbocycles. The van der Waals surface area contributed by atoms with Gasteiger partial charge in [-0.1, -0.05) is 36.9 Å². The van der Waals surface area contributed by atoms with E-state index in [1.165, 1.54) is 0 Å². The molecule has 0 radical (unpaired) electrons. The van der Waals surface area contributed by atoms with Crippen molar-refractivity contribution in [2.45, 2.75) is 13.5 Å². The number of esters is 1. The number of nitrogens with one attached hydrogen (secondary N) is 1. The van der Waals surface area contributed by atoms with Crippen molar-refractivity contribution in [2.75, 3.05) is 0 Å². The molecule has 1 amide bonds. The van der Waals surface area contributed by atoms with Crippen LogP contribution >= 0.6 is 0 Å². The number of para-hydroxylation sites is 1. The van der Waals surface area contributed by atoms with Gasteiger partial charge in [0.25, 0.3) is 0 Å². The Balaban J connectivity index is 1.55. The van der Waals surface area contributed by atoms with Crippen molar-refractivity contribution >= 4 is 11.9 Å². The quantitative estimate of drug-likeness (QED) is 0.356. The second-order valence-corrected chi connectivity index (χ2v) is 6.44. The van der Waals surface area contributed by atoms with Gasteiger partial charge in [0.15, 0.2) is 0 Å². The molecule has 0 unspecified atom stereocenters. The van der Waals surface area contributed by atoms with Gasteiger partial charge in [0, 0.05) is 12.1 Å². The minimum Gasteiger partial charge on any atom is -0.457 e. The lowest BCUT2D eigenvalue weighted by molar-refractivity contribution is -0.117. The number of ether oxygens (including phenoxy) is 2. The maximum atomic E-state index is 12.3. The second-order valence-electron chi connectivity index (χ2n) is 6.44. The van der Waals surface area contributed by atoms with Crippen LogP contribution in [-0.4, -0.2) is 11.9 Å². The average Bonchev–Trinajstić information content (AvgIpc) is 2.74. The highest BCUT2D eigenvalue weighted by atomic mass is 16.5. The molecule has 0 fully saturated rings. The predicted molar refractivity (Wildman–Crippen MR) is 111 cm³/mol. The van der Waals surface area contributed by atoms with Crippen LogP contribution in [0, 0.1) is 0 Å². The van der Waals surface area contributed by atoms with Crippen molar-refractivity contribution in [3.05, 3.63) is 102 Å². The first-order valence-corrected chi connectivity index (χ1v) is 9.09. The first kappa shape index (κ1) is 19.9. The summed E-state index contributed by atoms with van der Waals surface area (Å²) in [4.78, 5) is 23.9. The Labute approximate surface area is 169 Å². The highest BCUT2D eigenvalue weighted by Crippen LogP contribution is 2.22. The lowest BCUT2D eigenvalue weighted by Crippen LogP contribution is -2.22. The Kier molecular flexibility index (Phi) is 6.43. The lowest BCUT2D eigenvalue weighted by Gasteiger charge is -2.08. The van der Waals surface area contributed by atoms with E-state index < -0.39 is 5.97 Å². The molecule has 0 spiro atoms. The molecule has 3 aromatic carbocycles. The molecular weight excluding hydrogens is 366 g/mol. The Morgan fingerprint density at radius 2 is 1.41 bits per heavy atom. The van der Waals surface area contributed by atoms with Crippen LogP contribution in [0.15, 0.2) is 91.0 Å². The largest absolute Gasteiger partial charge is 0.457 e. The molecule has 0 heterocycles. The molecule has 0 bridgehead atoms. The molecule has 0 atom stereocenters. The van der Waals surface area contributed by atoms with Crippen molar-refractivity contribution in [2.24, 2.45) is 0 Å². The van der Waals surface area contributed by atoms with Gasteiger partial charge in [0.1, 0.15) is 17.2 Å². The third-order valence-electron chi connectivity index (χ3n) is 4.04. The Bertz CT molecular complexity index is 993. The summed E-state index contributed by atoms with van der Waals surface area (Å²) in [7, 11) is 0. The van der Waals surface area contributed by atoms with Crippen LogP contribution in [0.4, 0.5) is 0 Å². The van der Waals surface area contributed by atoms with Gasteiger partial charge < -0.3 is 14.8 Å². The van der Waals surface area contributed by atoms with Gasteiger partial charge in [0.2, 0.25) is 5.91 Å². The van der Waals surface area contributed by atoms with Gasteiger partial charge in [-0.15, -0.1) is 0 Å². The van der Waals surface area contributed by atoms with Crippen LogP contribution in [0.3, 0.4) is 0 Å². The Hall–Kier alpha value is -3.86. The summed E-state index contributed by atoms with van der Waals surface area (Å²) < 4.78 is 11.1. The topological polar surface area (TPSA) is 64.6 Å². The first-order valence-electron chi connectivity index (χ1n) is 9.09. The molecule has 0 aliphatic rings. The first-order chi connectivity index (χ1) is 14.0. The Morgan fingerprint density at radius 3 is 2.03 bits per heavy atom. The zero-order chi connectivity index (χ0) is 20.6. The summed E-state index contributed by atoms with van der Waals surface area (Å²) in [5, 5.41) is 2.75. The smallest absolute Gasteiger partial charge is 0.343 e. The van der Waals surface area contributed by atoms with Crippen molar-refractivity contribution in [1.82, 2.24) is 5.32 Å². The molecule has 0 aliphatic heterocycles. The molecule has 29 heavy (non-hydrogen) atoms. The van der Waals surface area contributed by atoms with E-state index in [1.54, 1.807) is 55.5 Å². The lowest BCUT2D eigenvalue weighted by atomic mass is 10.2. The fraction of sp³-hybridized carbons (Fsp3) is 0.0833. The Morgan fingerprint density at radius 1 is 0.828 bits per heavy atom. The van der Waals surface area contributed by atoms with E-state index in [-0.39, 0.29) is 5.91 Å². The monoisotopic (exact) mass is 387 g/mol. The zero-order valence-electron chi connectivity index (χ0n) is 16.1. The summed E-state index contributed by atoms with van der Waals surface area (Å²) in [5.41, 5.74) is 1.76. The number of carbonyl (C=O) groups is 2. The highest BCUT2D eigenvalue weighted by molar-refractivity contribution is 5.92. The number of hydrogen-bond donors (Lipinski definition) is 1. The average molecular weight is 387 g/mol. The van der Waals surface area contributed by atoms with E-state index >= 15 is 0 Å². The van der Waals surface area contributed by atoms with Gasteiger partial charge >= 0.3 is 5.97 Å². The van der Waals surface area contributed by atoms with Crippen molar-refractivity contribution < 1.29 is 19.1 Å². The normalized spacial score (nSPS) is 10.1. The SMILES string of the molecule is C=C(C)C(=O)NCc1ccc(OC(=O)c2ccc(Oc3ccccc3)cc2)cc1. The number of rotatable bonds is 7. The zero-order valence-corrected chi connectivity index (χ0v) is 16.1. The van der Waals surface area contributed by atoms with Crippen LogP contribution in [0.5, 0.6) is 17.2 Å². The standard InChI is InChI=1S/C24H21NO4/c1-17(2)23(26)25-16-18-8-12-22(13-9-18)29-24(27)19-10-14-21(15-11-19)28-20-6-4-3-5-7-20/h3-15H,1,16H2,2H3,(H,25,26). The van der Waals surface area contributed by atoms with E-state index in [0.717, 1.165) is 11.3 Å². The highest BCUT2D eigenvalue weighted by Gasteiger charge is 2.09. The molecule has 0 saturated carbocycles. The molecule has 0 saturated heterocycles. The van der Waals surface area contributed by atoms with Crippen molar-refractivity contribution in [3.63, 3.8) is 0 Å². The minimum atomic E-state index is -0.459. The fourth-order valence-electron chi connectivity index (χ4n) is 2.46. The fourth-order valence-corrected chi connectivity index (χ4v) is 2.46. The molecule has 5 heteroatoms. The van der Waals surface area contributed by atoms with E-state index in [0.29, 0.717) is 29.2 Å². The van der Waals surface area contributed by atoms with Crippen LogP contribution in [-0.2, 0) is 11.3 Å². The summed E-state index contributed by atoms with van der Waals surface area (Å²) in [6.07, 6.45) is 0.